The first-order chi connectivity index (χ1) is 12.7. The summed E-state index contributed by atoms with van der Waals surface area (Å²) < 4.78 is 40.5. The summed E-state index contributed by atoms with van der Waals surface area (Å²) in [4.78, 5) is 10.5. The lowest BCUT2D eigenvalue weighted by atomic mass is 10.1. The Hall–Kier alpha value is -2.97. The molecule has 0 bridgehead atoms. The van der Waals surface area contributed by atoms with Gasteiger partial charge < -0.3 is 9.47 Å². The minimum atomic E-state index is -4.45. The second-order valence-electron chi connectivity index (χ2n) is 6.28. The lowest BCUT2D eigenvalue weighted by Gasteiger charge is -2.15. The molecule has 3 rings (SSSR count). The molecule has 0 N–H and O–H groups in total. The molecule has 0 fully saturated rings. The smallest absolute Gasteiger partial charge is 0.376 e. The van der Waals surface area contributed by atoms with Crippen molar-refractivity contribution in [1.82, 2.24) is 24.7 Å². The van der Waals surface area contributed by atoms with Gasteiger partial charge in [-0.15, -0.1) is 10.2 Å². The summed E-state index contributed by atoms with van der Waals surface area (Å²) in [5.41, 5.74) is 1.91. The van der Waals surface area contributed by atoms with Crippen molar-refractivity contribution in [1.29, 1.82) is 0 Å². The van der Waals surface area contributed by atoms with E-state index in [1.54, 1.807) is 17.8 Å². The highest BCUT2D eigenvalue weighted by molar-refractivity contribution is 5.63. The van der Waals surface area contributed by atoms with E-state index >= 15 is 0 Å². The molecular weight excluding hydrogens is 357 g/mol. The number of aryl methyl sites for hydroxylation is 1. The van der Waals surface area contributed by atoms with Crippen molar-refractivity contribution < 1.29 is 13.2 Å². The zero-order chi connectivity index (χ0) is 19.8. The SMILES string of the molecule is CCc1cc(N(C)C)cnc1-c1nnc(-c2cc(C(F)(F)F)ccn2)n1C. The van der Waals surface area contributed by atoms with Gasteiger partial charge in [-0.3, -0.25) is 9.97 Å². The second-order valence-corrected chi connectivity index (χ2v) is 6.28. The van der Waals surface area contributed by atoms with Gasteiger partial charge in [0.15, 0.2) is 11.6 Å². The third-order valence-corrected chi connectivity index (χ3v) is 4.25. The third kappa shape index (κ3) is 3.62. The van der Waals surface area contributed by atoms with E-state index in [1.807, 2.05) is 32.0 Å². The van der Waals surface area contributed by atoms with Crippen LogP contribution in [0.25, 0.3) is 23.0 Å². The fourth-order valence-electron chi connectivity index (χ4n) is 2.70. The number of halogens is 3. The summed E-state index contributed by atoms with van der Waals surface area (Å²) in [5.74, 6) is 0.725. The van der Waals surface area contributed by atoms with Crippen LogP contribution in [0.5, 0.6) is 0 Å². The van der Waals surface area contributed by atoms with Gasteiger partial charge in [-0.2, -0.15) is 13.2 Å². The molecule has 0 amide bonds. The van der Waals surface area contributed by atoms with Crippen LogP contribution in [0.1, 0.15) is 18.1 Å². The van der Waals surface area contributed by atoms with Crippen LogP contribution in [0.2, 0.25) is 0 Å². The van der Waals surface area contributed by atoms with E-state index in [4.69, 9.17) is 0 Å². The van der Waals surface area contributed by atoms with Gasteiger partial charge in [0.05, 0.1) is 17.4 Å². The Kier molecular flexibility index (Phi) is 4.86. The largest absolute Gasteiger partial charge is 0.416 e. The number of hydrogen-bond donors (Lipinski definition) is 0. The molecule has 0 aromatic carbocycles. The number of anilines is 1. The predicted molar refractivity (Wildman–Crippen MR) is 96.2 cm³/mol. The predicted octanol–water partition coefficient (Wildman–Crippen LogP) is 3.59. The molecule has 0 aliphatic heterocycles. The number of pyridine rings is 2. The summed E-state index contributed by atoms with van der Waals surface area (Å²) in [6.45, 7) is 2.01. The highest BCUT2D eigenvalue weighted by Crippen LogP contribution is 2.32. The molecule has 0 aliphatic rings. The average molecular weight is 376 g/mol. The van der Waals surface area contributed by atoms with Gasteiger partial charge in [0.1, 0.15) is 11.4 Å². The van der Waals surface area contributed by atoms with Crippen molar-refractivity contribution >= 4 is 5.69 Å². The molecule has 142 valence electrons. The Morgan fingerprint density at radius 3 is 2.41 bits per heavy atom. The Bertz CT molecular complexity index is 962. The quantitative estimate of drug-likeness (QED) is 0.697. The van der Waals surface area contributed by atoms with Gasteiger partial charge in [0, 0.05) is 27.3 Å². The Morgan fingerprint density at radius 2 is 1.78 bits per heavy atom. The van der Waals surface area contributed by atoms with Crippen LogP contribution in [0, 0.1) is 0 Å². The Balaban J connectivity index is 2.07. The van der Waals surface area contributed by atoms with Crippen LogP contribution in [0.3, 0.4) is 0 Å². The molecule has 3 aromatic heterocycles. The average Bonchev–Trinajstić information content (AvgIpc) is 3.01. The van der Waals surface area contributed by atoms with Crippen LogP contribution >= 0.6 is 0 Å². The first-order valence-corrected chi connectivity index (χ1v) is 8.32. The number of aromatic nitrogens is 5. The van der Waals surface area contributed by atoms with Crippen molar-refractivity contribution in [3.05, 3.63) is 41.7 Å². The monoisotopic (exact) mass is 376 g/mol. The highest BCUT2D eigenvalue weighted by atomic mass is 19.4. The van der Waals surface area contributed by atoms with Crippen LogP contribution in [0.4, 0.5) is 18.9 Å². The lowest BCUT2D eigenvalue weighted by Crippen LogP contribution is -2.10. The zero-order valence-corrected chi connectivity index (χ0v) is 15.4. The molecule has 3 heterocycles. The van der Waals surface area contributed by atoms with Crippen molar-refractivity contribution in [3.8, 4) is 23.0 Å². The summed E-state index contributed by atoms with van der Waals surface area (Å²) >= 11 is 0. The van der Waals surface area contributed by atoms with E-state index in [2.05, 4.69) is 20.2 Å². The Morgan fingerprint density at radius 1 is 1.07 bits per heavy atom. The topological polar surface area (TPSA) is 59.7 Å². The van der Waals surface area contributed by atoms with Crippen molar-refractivity contribution in [3.63, 3.8) is 0 Å². The van der Waals surface area contributed by atoms with Gasteiger partial charge in [0.25, 0.3) is 0 Å². The van der Waals surface area contributed by atoms with E-state index in [0.29, 0.717) is 11.5 Å². The molecule has 0 saturated heterocycles. The maximum atomic E-state index is 13.0. The molecule has 0 radical (unpaired) electrons. The number of rotatable bonds is 4. The fraction of sp³-hybridized carbons (Fsp3) is 0.333. The summed E-state index contributed by atoms with van der Waals surface area (Å²) in [6.07, 6.45) is -0.869. The van der Waals surface area contributed by atoms with Gasteiger partial charge >= 0.3 is 6.18 Å². The maximum Gasteiger partial charge on any atom is 0.416 e. The normalized spacial score (nSPS) is 11.7. The summed E-state index contributed by atoms with van der Waals surface area (Å²) in [5, 5.41) is 8.20. The third-order valence-electron chi connectivity index (χ3n) is 4.25. The van der Waals surface area contributed by atoms with Gasteiger partial charge in [-0.05, 0) is 30.2 Å². The van der Waals surface area contributed by atoms with Crippen molar-refractivity contribution in [2.24, 2.45) is 7.05 Å². The zero-order valence-electron chi connectivity index (χ0n) is 15.4. The Labute approximate surface area is 154 Å². The number of hydrogen-bond acceptors (Lipinski definition) is 5. The van der Waals surface area contributed by atoms with E-state index in [0.717, 1.165) is 36.0 Å². The molecular formula is C18H19F3N6. The minimum Gasteiger partial charge on any atom is -0.376 e. The molecule has 9 heteroatoms. The molecule has 3 aromatic rings. The van der Waals surface area contributed by atoms with E-state index < -0.39 is 11.7 Å². The second kappa shape index (κ2) is 6.98. The fourth-order valence-corrected chi connectivity index (χ4v) is 2.70. The van der Waals surface area contributed by atoms with Gasteiger partial charge in [-0.25, -0.2) is 0 Å². The number of nitrogens with zero attached hydrogens (tertiary/aromatic N) is 6. The summed E-state index contributed by atoms with van der Waals surface area (Å²) in [7, 11) is 5.54. The van der Waals surface area contributed by atoms with Crippen molar-refractivity contribution in [2.45, 2.75) is 19.5 Å². The van der Waals surface area contributed by atoms with Gasteiger partial charge in [-0.1, -0.05) is 6.92 Å². The van der Waals surface area contributed by atoms with E-state index in [1.165, 1.54) is 0 Å². The first kappa shape index (κ1) is 18.8. The summed E-state index contributed by atoms with van der Waals surface area (Å²) in [6, 6.07) is 3.91. The van der Waals surface area contributed by atoms with Crippen molar-refractivity contribution in [2.75, 3.05) is 19.0 Å². The van der Waals surface area contributed by atoms with E-state index in [9.17, 15) is 13.2 Å². The molecule has 6 nitrogen and oxygen atoms in total. The maximum absolute atomic E-state index is 13.0. The van der Waals surface area contributed by atoms with Crippen LogP contribution in [-0.4, -0.2) is 38.8 Å². The molecule has 0 atom stereocenters. The lowest BCUT2D eigenvalue weighted by molar-refractivity contribution is -0.137. The molecule has 27 heavy (non-hydrogen) atoms. The van der Waals surface area contributed by atoms with Crippen LogP contribution < -0.4 is 4.90 Å². The first-order valence-electron chi connectivity index (χ1n) is 8.32. The van der Waals surface area contributed by atoms with Crippen LogP contribution in [0.15, 0.2) is 30.6 Å². The van der Waals surface area contributed by atoms with Crippen LogP contribution in [-0.2, 0) is 19.6 Å². The highest BCUT2D eigenvalue weighted by Gasteiger charge is 2.31. The van der Waals surface area contributed by atoms with Gasteiger partial charge in [0.2, 0.25) is 0 Å². The minimum absolute atomic E-state index is 0.106. The standard InChI is InChI=1S/C18H19F3N6/c1-5-11-8-13(26(2)3)10-23-15(11)17-25-24-16(27(17)4)14-9-12(6-7-22-14)18(19,20)21/h6-10H,5H2,1-4H3. The molecule has 0 unspecified atom stereocenters. The molecule has 0 aliphatic carbocycles. The molecule has 0 spiro atoms. The number of alkyl halides is 3. The van der Waals surface area contributed by atoms with E-state index in [-0.39, 0.29) is 11.5 Å². The molecule has 0 saturated carbocycles.